The van der Waals surface area contributed by atoms with Crippen molar-refractivity contribution in [1.29, 1.82) is 0 Å². The summed E-state index contributed by atoms with van der Waals surface area (Å²) < 4.78 is 0. The summed E-state index contributed by atoms with van der Waals surface area (Å²) in [6.07, 6.45) is 0. The van der Waals surface area contributed by atoms with E-state index in [9.17, 15) is 4.79 Å². The molecule has 1 aromatic rings. The number of Topliss-reactive ketones (excluding diaryl/α,β-unsaturated/α-hetero) is 1. The molecule has 0 saturated heterocycles. The van der Waals surface area contributed by atoms with Crippen molar-refractivity contribution in [1.82, 2.24) is 0 Å². The number of nitrogens with zero attached hydrogens (tertiary/aromatic N) is 3. The van der Waals surface area contributed by atoms with Crippen molar-refractivity contribution in [2.24, 2.45) is 5.11 Å². The van der Waals surface area contributed by atoms with Crippen LogP contribution >= 0.6 is 0 Å². The molecule has 0 radical (unpaired) electrons. The van der Waals surface area contributed by atoms with Crippen LogP contribution in [0.15, 0.2) is 23.3 Å². The number of azide groups is 1. The molecule has 0 unspecified atom stereocenters. The van der Waals surface area contributed by atoms with E-state index in [0.717, 1.165) is 0 Å². The molecule has 5 heteroatoms. The summed E-state index contributed by atoms with van der Waals surface area (Å²) >= 11 is 0. The Morgan fingerprint density at radius 3 is 2.77 bits per heavy atom. The number of hydrogen-bond acceptors (Lipinski definition) is 3. The lowest BCUT2D eigenvalue weighted by Crippen LogP contribution is -1.94. The molecule has 0 aliphatic rings. The molecule has 0 atom stereocenters. The summed E-state index contributed by atoms with van der Waals surface area (Å²) in [6.45, 7) is 1.45. The molecule has 0 heterocycles. The molecular formula is C8H8N4O. The second-order valence-corrected chi connectivity index (χ2v) is 2.52. The Kier molecular flexibility index (Phi) is 2.52. The van der Waals surface area contributed by atoms with Crippen molar-refractivity contribution >= 4 is 17.2 Å². The van der Waals surface area contributed by atoms with E-state index in [2.05, 4.69) is 10.0 Å². The topological polar surface area (TPSA) is 91.8 Å². The summed E-state index contributed by atoms with van der Waals surface area (Å²) in [5.74, 6) is -0.0702. The van der Waals surface area contributed by atoms with E-state index in [1.165, 1.54) is 19.1 Å². The van der Waals surface area contributed by atoms with Crippen LogP contribution in [0.5, 0.6) is 0 Å². The highest BCUT2D eigenvalue weighted by molar-refractivity contribution is 5.95. The second kappa shape index (κ2) is 3.60. The molecule has 5 nitrogen and oxygen atoms in total. The van der Waals surface area contributed by atoms with Crippen LogP contribution in [0, 0.1) is 0 Å². The maximum absolute atomic E-state index is 10.9. The minimum atomic E-state index is -0.0702. The van der Waals surface area contributed by atoms with E-state index in [4.69, 9.17) is 11.3 Å². The number of anilines is 1. The molecular weight excluding hydrogens is 168 g/mol. The molecule has 0 fully saturated rings. The fourth-order valence-corrected chi connectivity index (χ4v) is 0.913. The smallest absolute Gasteiger partial charge is 0.159 e. The molecule has 0 bridgehead atoms. The first-order chi connectivity index (χ1) is 6.15. The molecule has 2 N–H and O–H groups in total. The number of ketones is 1. The first-order valence-corrected chi connectivity index (χ1v) is 3.60. The molecule has 0 aliphatic carbocycles. The van der Waals surface area contributed by atoms with E-state index >= 15 is 0 Å². The van der Waals surface area contributed by atoms with Crippen molar-refractivity contribution in [3.63, 3.8) is 0 Å². The van der Waals surface area contributed by atoms with Crippen molar-refractivity contribution in [2.75, 3.05) is 5.73 Å². The maximum Gasteiger partial charge on any atom is 0.159 e. The van der Waals surface area contributed by atoms with Crippen LogP contribution in [-0.2, 0) is 0 Å². The molecule has 0 amide bonds. The maximum atomic E-state index is 10.9. The molecule has 1 rings (SSSR count). The van der Waals surface area contributed by atoms with Gasteiger partial charge in [-0.1, -0.05) is 11.2 Å². The first kappa shape index (κ1) is 9.09. The fraction of sp³-hybridized carbons (Fsp3) is 0.125. The Hall–Kier alpha value is -2.00. The van der Waals surface area contributed by atoms with E-state index in [1.807, 2.05) is 0 Å². The van der Waals surface area contributed by atoms with Gasteiger partial charge in [0.1, 0.15) is 0 Å². The average molecular weight is 176 g/mol. The van der Waals surface area contributed by atoms with Crippen molar-refractivity contribution in [2.45, 2.75) is 6.92 Å². The van der Waals surface area contributed by atoms with Gasteiger partial charge in [-0.05, 0) is 24.6 Å². The zero-order valence-electron chi connectivity index (χ0n) is 7.06. The third kappa shape index (κ3) is 1.98. The highest BCUT2D eigenvalue weighted by Crippen LogP contribution is 2.23. The van der Waals surface area contributed by atoms with Crippen molar-refractivity contribution < 1.29 is 4.79 Å². The molecule has 0 saturated carbocycles. The van der Waals surface area contributed by atoms with Gasteiger partial charge in [0.25, 0.3) is 0 Å². The molecule has 0 spiro atoms. The van der Waals surface area contributed by atoms with Gasteiger partial charge in [0.05, 0.1) is 5.69 Å². The number of nitrogen functional groups attached to an aromatic ring is 1. The van der Waals surface area contributed by atoms with Crippen LogP contribution in [0.3, 0.4) is 0 Å². The first-order valence-electron chi connectivity index (χ1n) is 3.60. The highest BCUT2D eigenvalue weighted by Gasteiger charge is 2.01. The quantitative estimate of drug-likeness (QED) is 0.246. The van der Waals surface area contributed by atoms with Crippen LogP contribution < -0.4 is 5.73 Å². The Bertz CT molecular complexity index is 393. The number of hydrogen-bond donors (Lipinski definition) is 1. The summed E-state index contributed by atoms with van der Waals surface area (Å²) in [4.78, 5) is 13.5. The lowest BCUT2D eigenvalue weighted by Gasteiger charge is -2.00. The van der Waals surface area contributed by atoms with E-state index < -0.39 is 0 Å². The van der Waals surface area contributed by atoms with Gasteiger partial charge in [-0.3, -0.25) is 4.79 Å². The number of carbonyl (C=O) groups is 1. The minimum Gasteiger partial charge on any atom is -0.398 e. The van der Waals surface area contributed by atoms with Gasteiger partial charge in [-0.25, -0.2) is 0 Å². The minimum absolute atomic E-state index is 0.0702. The van der Waals surface area contributed by atoms with Crippen LogP contribution in [-0.4, -0.2) is 5.78 Å². The van der Waals surface area contributed by atoms with Crippen LogP contribution in [0.1, 0.15) is 17.3 Å². The van der Waals surface area contributed by atoms with Gasteiger partial charge < -0.3 is 5.73 Å². The van der Waals surface area contributed by atoms with Crippen molar-refractivity contribution in [3.8, 4) is 0 Å². The Morgan fingerprint density at radius 1 is 1.62 bits per heavy atom. The van der Waals surface area contributed by atoms with Gasteiger partial charge in [0.15, 0.2) is 5.78 Å². The number of rotatable bonds is 2. The lowest BCUT2D eigenvalue weighted by molar-refractivity contribution is 0.101. The predicted molar refractivity (Wildman–Crippen MR) is 49.7 cm³/mol. The Balaban J connectivity index is 3.19. The number of carbonyl (C=O) groups excluding carboxylic acids is 1. The molecule has 1 aromatic carbocycles. The van der Waals surface area contributed by atoms with Crippen LogP contribution in [0.4, 0.5) is 11.4 Å². The van der Waals surface area contributed by atoms with Gasteiger partial charge in [0, 0.05) is 16.2 Å². The van der Waals surface area contributed by atoms with Gasteiger partial charge >= 0.3 is 0 Å². The predicted octanol–water partition coefficient (Wildman–Crippen LogP) is 2.41. The fourth-order valence-electron chi connectivity index (χ4n) is 0.913. The standard InChI is InChI=1S/C8H8N4O/c1-5(13)6-2-3-8(11-12-10)7(9)4-6/h2-4H,9H2,1H3. The van der Waals surface area contributed by atoms with E-state index in [0.29, 0.717) is 16.9 Å². The van der Waals surface area contributed by atoms with Crippen LogP contribution in [0.2, 0.25) is 0 Å². The van der Waals surface area contributed by atoms with Gasteiger partial charge in [0.2, 0.25) is 0 Å². The lowest BCUT2D eigenvalue weighted by atomic mass is 10.1. The third-order valence-corrected chi connectivity index (χ3v) is 1.59. The van der Waals surface area contributed by atoms with Gasteiger partial charge in [-0.2, -0.15) is 0 Å². The highest BCUT2D eigenvalue weighted by atomic mass is 16.1. The average Bonchev–Trinajstić information content (AvgIpc) is 2.08. The second-order valence-electron chi connectivity index (χ2n) is 2.52. The summed E-state index contributed by atoms with van der Waals surface area (Å²) in [7, 11) is 0. The summed E-state index contributed by atoms with van der Waals surface area (Å²) in [5, 5.41) is 3.35. The van der Waals surface area contributed by atoms with E-state index in [-0.39, 0.29) is 5.78 Å². The SMILES string of the molecule is CC(=O)c1ccc(N=[N+]=[N-])c(N)c1. The Labute approximate surface area is 74.8 Å². The number of nitrogens with two attached hydrogens (primary N) is 1. The molecule has 0 aliphatic heterocycles. The largest absolute Gasteiger partial charge is 0.398 e. The van der Waals surface area contributed by atoms with Crippen molar-refractivity contribution in [3.05, 3.63) is 34.2 Å². The van der Waals surface area contributed by atoms with Crippen LogP contribution in [0.25, 0.3) is 10.4 Å². The summed E-state index contributed by atoms with van der Waals surface area (Å²) in [5.41, 5.74) is 14.8. The zero-order valence-corrected chi connectivity index (χ0v) is 7.06. The summed E-state index contributed by atoms with van der Waals surface area (Å²) in [6, 6.07) is 4.58. The molecule has 13 heavy (non-hydrogen) atoms. The van der Waals surface area contributed by atoms with Gasteiger partial charge in [-0.15, -0.1) is 0 Å². The Morgan fingerprint density at radius 2 is 2.31 bits per heavy atom. The third-order valence-electron chi connectivity index (χ3n) is 1.59. The number of benzene rings is 1. The monoisotopic (exact) mass is 176 g/mol. The molecule has 66 valence electrons. The molecule has 0 aromatic heterocycles. The zero-order chi connectivity index (χ0) is 9.84. The normalized spacial score (nSPS) is 9.00. The van der Waals surface area contributed by atoms with E-state index in [1.54, 1.807) is 6.07 Å².